The van der Waals surface area contributed by atoms with E-state index in [4.69, 9.17) is 5.73 Å². The molecule has 0 amide bonds. The molecule has 0 saturated heterocycles. The highest BCUT2D eigenvalue weighted by Gasteiger charge is 2.04. The molecule has 1 fully saturated rings. The first-order chi connectivity index (χ1) is 4.39. The first-order valence-electron chi connectivity index (χ1n) is 4.15. The van der Waals surface area contributed by atoms with Gasteiger partial charge in [0.1, 0.15) is 0 Å². The Morgan fingerprint density at radius 3 is 1.55 bits per heavy atom. The van der Waals surface area contributed by atoms with Crippen molar-refractivity contribution in [3.8, 4) is 0 Å². The van der Waals surface area contributed by atoms with Crippen LogP contribution in [0.3, 0.4) is 0 Å². The molecule has 0 aromatic carbocycles. The van der Waals surface area contributed by atoms with Crippen molar-refractivity contribution in [2.24, 2.45) is 5.73 Å². The molecule has 1 aliphatic carbocycles. The minimum Gasteiger partial charge on any atom is -0.328 e. The summed E-state index contributed by atoms with van der Waals surface area (Å²) in [7, 11) is 0. The molecule has 1 nitrogen and oxygen atoms in total. The van der Waals surface area contributed by atoms with Gasteiger partial charge in [-0.2, -0.15) is 0 Å². The topological polar surface area (TPSA) is 26.0 Å². The van der Waals surface area contributed by atoms with Crippen LogP contribution < -0.4 is 5.73 Å². The average Bonchev–Trinajstić information content (AvgIpc) is 1.79. The maximum absolute atomic E-state index is 5.80. The van der Waals surface area contributed by atoms with Gasteiger partial charge in [0.15, 0.2) is 0 Å². The van der Waals surface area contributed by atoms with Crippen LogP contribution in [0.2, 0.25) is 0 Å². The molecule has 2 N–H and O–H groups in total. The lowest BCUT2D eigenvalue weighted by Gasteiger charge is -2.13. The third-order valence-corrected chi connectivity index (χ3v) is 2.15. The summed E-state index contributed by atoms with van der Waals surface area (Å²) >= 11 is 0. The van der Waals surface area contributed by atoms with Crippen molar-refractivity contribution in [3.05, 3.63) is 0 Å². The molecule has 0 aliphatic heterocycles. The summed E-state index contributed by atoms with van der Waals surface area (Å²) in [6.45, 7) is 0. The normalized spacial score (nSPS) is 20.5. The summed E-state index contributed by atoms with van der Waals surface area (Å²) < 4.78 is 0. The molecule has 0 bridgehead atoms. The average molecular weight is 159 g/mol. The molecule has 1 aliphatic rings. The molecule has 1 rings (SSSR count). The zero-order chi connectivity index (χ0) is 6.53. The van der Waals surface area contributed by atoms with Crippen LogP contribution in [0, 0.1) is 0 Å². The Balaban J connectivity index is 0. The minimum absolute atomic E-state index is 0. The highest BCUT2D eigenvalue weighted by atomic mass is 14.6. The number of rotatable bonds is 0. The molecule has 0 atom stereocenters. The van der Waals surface area contributed by atoms with Gasteiger partial charge in [0, 0.05) is 6.04 Å². The summed E-state index contributed by atoms with van der Waals surface area (Å²) in [4.78, 5) is 0. The van der Waals surface area contributed by atoms with Crippen LogP contribution in [0.1, 0.15) is 59.8 Å². The summed E-state index contributed by atoms with van der Waals surface area (Å²) in [6, 6.07) is 0.519. The second-order valence-electron chi connectivity index (χ2n) is 3.11. The molecule has 1 saturated carbocycles. The Hall–Kier alpha value is -0.0400. The van der Waals surface area contributed by atoms with Gasteiger partial charge in [-0.25, -0.2) is 0 Å². The second kappa shape index (κ2) is 8.06. The molecular weight excluding hydrogens is 134 g/mol. The summed E-state index contributed by atoms with van der Waals surface area (Å²) in [5.74, 6) is 0. The Labute approximate surface area is 72.4 Å². The van der Waals surface area contributed by atoms with E-state index in [2.05, 4.69) is 0 Å². The highest BCUT2D eigenvalue weighted by molar-refractivity contribution is 4.64. The first kappa shape index (κ1) is 13.5. The van der Waals surface area contributed by atoms with Gasteiger partial charge in [0.05, 0.1) is 0 Å². The fraction of sp³-hybridized carbons (Fsp3) is 1.00. The predicted molar refractivity (Wildman–Crippen MR) is 53.8 cm³/mol. The lowest BCUT2D eigenvalue weighted by atomic mass is 9.98. The monoisotopic (exact) mass is 159 g/mol. The molecule has 11 heavy (non-hydrogen) atoms. The van der Waals surface area contributed by atoms with Gasteiger partial charge in [-0.1, -0.05) is 47.0 Å². The Morgan fingerprint density at radius 1 is 0.727 bits per heavy atom. The molecular formula is C10H25N. The predicted octanol–water partition coefficient (Wildman–Crippen LogP) is 3.33. The van der Waals surface area contributed by atoms with E-state index in [0.29, 0.717) is 6.04 Å². The Bertz CT molecular complexity index is 63.3. The van der Waals surface area contributed by atoms with Crippen LogP contribution in [0.15, 0.2) is 0 Å². The molecule has 0 unspecified atom stereocenters. The van der Waals surface area contributed by atoms with Crippen molar-refractivity contribution >= 4 is 0 Å². The third-order valence-electron chi connectivity index (χ3n) is 2.15. The minimum atomic E-state index is 0. The van der Waals surface area contributed by atoms with Crippen LogP contribution in [0.25, 0.3) is 0 Å². The lowest BCUT2D eigenvalue weighted by Crippen LogP contribution is -2.20. The van der Waals surface area contributed by atoms with Crippen LogP contribution >= 0.6 is 0 Å². The second-order valence-corrected chi connectivity index (χ2v) is 3.11. The van der Waals surface area contributed by atoms with E-state index in [9.17, 15) is 0 Å². The fourth-order valence-corrected chi connectivity index (χ4v) is 1.49. The maximum atomic E-state index is 5.80. The first-order valence-corrected chi connectivity index (χ1v) is 4.15. The molecule has 0 aromatic rings. The summed E-state index contributed by atoms with van der Waals surface area (Å²) in [6.07, 6.45) is 9.51. The van der Waals surface area contributed by atoms with Crippen molar-refractivity contribution < 1.29 is 0 Å². The van der Waals surface area contributed by atoms with E-state index >= 15 is 0 Å². The molecule has 1 heteroatoms. The van der Waals surface area contributed by atoms with Gasteiger partial charge in [0.25, 0.3) is 0 Å². The zero-order valence-corrected chi connectivity index (χ0v) is 6.10. The lowest BCUT2D eigenvalue weighted by molar-refractivity contribution is 0.453. The third kappa shape index (κ3) is 6.36. The van der Waals surface area contributed by atoms with Crippen molar-refractivity contribution in [1.29, 1.82) is 0 Å². The van der Waals surface area contributed by atoms with Gasteiger partial charge in [0.2, 0.25) is 0 Å². The SMILES string of the molecule is C.C.NC1CCCCCCC1. The van der Waals surface area contributed by atoms with Crippen LogP contribution in [0.4, 0.5) is 0 Å². The van der Waals surface area contributed by atoms with Crippen LogP contribution in [-0.2, 0) is 0 Å². The van der Waals surface area contributed by atoms with Crippen molar-refractivity contribution in [3.63, 3.8) is 0 Å². The van der Waals surface area contributed by atoms with E-state index in [-0.39, 0.29) is 14.9 Å². The van der Waals surface area contributed by atoms with Crippen LogP contribution in [0.5, 0.6) is 0 Å². The van der Waals surface area contributed by atoms with E-state index in [1.807, 2.05) is 0 Å². The fourth-order valence-electron chi connectivity index (χ4n) is 1.49. The van der Waals surface area contributed by atoms with Gasteiger partial charge in [-0.15, -0.1) is 0 Å². The smallest absolute Gasteiger partial charge is 0.00388 e. The number of hydrogen-bond donors (Lipinski definition) is 1. The Morgan fingerprint density at radius 2 is 1.09 bits per heavy atom. The molecule has 0 spiro atoms. The highest BCUT2D eigenvalue weighted by Crippen LogP contribution is 2.15. The number of nitrogens with two attached hydrogens (primary N) is 1. The van der Waals surface area contributed by atoms with E-state index in [1.165, 1.54) is 44.9 Å². The molecule has 70 valence electrons. The van der Waals surface area contributed by atoms with Crippen molar-refractivity contribution in [1.82, 2.24) is 0 Å². The Kier molecular flexibility index (Phi) is 9.92. The molecule has 0 aromatic heterocycles. The van der Waals surface area contributed by atoms with Gasteiger partial charge < -0.3 is 5.73 Å². The number of hydrogen-bond acceptors (Lipinski definition) is 1. The zero-order valence-electron chi connectivity index (χ0n) is 6.10. The quantitative estimate of drug-likeness (QED) is 0.576. The summed E-state index contributed by atoms with van der Waals surface area (Å²) in [5.41, 5.74) is 5.80. The standard InChI is InChI=1S/C8H17N.2CH4/c9-8-6-4-2-1-3-5-7-8;;/h8H,1-7,9H2;2*1H4. The molecule has 0 radical (unpaired) electrons. The van der Waals surface area contributed by atoms with Crippen molar-refractivity contribution in [2.75, 3.05) is 0 Å². The van der Waals surface area contributed by atoms with Gasteiger partial charge in [-0.3, -0.25) is 0 Å². The summed E-state index contributed by atoms with van der Waals surface area (Å²) in [5, 5.41) is 0. The van der Waals surface area contributed by atoms with E-state index in [1.54, 1.807) is 0 Å². The van der Waals surface area contributed by atoms with Gasteiger partial charge >= 0.3 is 0 Å². The van der Waals surface area contributed by atoms with Crippen LogP contribution in [-0.4, -0.2) is 6.04 Å². The van der Waals surface area contributed by atoms with E-state index < -0.39 is 0 Å². The largest absolute Gasteiger partial charge is 0.328 e. The van der Waals surface area contributed by atoms with Gasteiger partial charge in [-0.05, 0) is 12.8 Å². The van der Waals surface area contributed by atoms with E-state index in [0.717, 1.165) is 0 Å². The van der Waals surface area contributed by atoms with Crippen molar-refractivity contribution in [2.45, 2.75) is 65.8 Å². The maximum Gasteiger partial charge on any atom is 0.00388 e. The molecule has 0 heterocycles.